The Balaban J connectivity index is 2.25. The first-order chi connectivity index (χ1) is 9.55. The Hall–Kier alpha value is -2.15. The zero-order valence-corrected chi connectivity index (χ0v) is 12.2. The normalized spacial score (nSPS) is 11.8. The first kappa shape index (κ1) is 12.9. The molecule has 0 aliphatic carbocycles. The molecule has 0 bridgehead atoms. The molecule has 0 spiro atoms. The lowest BCUT2D eigenvalue weighted by molar-refractivity contribution is 0.596. The molecule has 3 rings (SSSR count). The van der Waals surface area contributed by atoms with E-state index in [1.54, 1.807) is 0 Å². The third-order valence-electron chi connectivity index (χ3n) is 3.65. The molecule has 100 valence electrons. The molecule has 0 saturated carbocycles. The molecule has 0 saturated heterocycles. The summed E-state index contributed by atoms with van der Waals surface area (Å²) in [6, 6.07) is 19.2. The molecule has 0 aliphatic rings. The number of pyridine rings is 1. The van der Waals surface area contributed by atoms with Gasteiger partial charge in [-0.25, -0.2) is 0 Å². The van der Waals surface area contributed by atoms with Crippen molar-refractivity contribution in [1.82, 2.24) is 4.98 Å². The number of hydrogen-bond donors (Lipinski definition) is 0. The smallest absolute Gasteiger partial charge is 0.0702 e. The second kappa shape index (κ2) is 4.75. The van der Waals surface area contributed by atoms with Crippen molar-refractivity contribution in [3.05, 3.63) is 66.4 Å². The minimum Gasteiger partial charge on any atom is -0.256 e. The van der Waals surface area contributed by atoms with E-state index in [4.69, 9.17) is 0 Å². The first-order valence-corrected chi connectivity index (χ1v) is 7.00. The molecule has 0 aliphatic heterocycles. The van der Waals surface area contributed by atoms with Crippen LogP contribution < -0.4 is 0 Å². The van der Waals surface area contributed by atoms with Crippen molar-refractivity contribution in [1.29, 1.82) is 0 Å². The van der Waals surface area contributed by atoms with E-state index < -0.39 is 0 Å². The van der Waals surface area contributed by atoms with Crippen molar-refractivity contribution >= 4 is 10.8 Å². The van der Waals surface area contributed by atoms with Crippen molar-refractivity contribution in [3.63, 3.8) is 0 Å². The third kappa shape index (κ3) is 2.32. The van der Waals surface area contributed by atoms with Crippen LogP contribution in [0, 0.1) is 0 Å². The van der Waals surface area contributed by atoms with E-state index >= 15 is 0 Å². The van der Waals surface area contributed by atoms with E-state index in [2.05, 4.69) is 68.2 Å². The Morgan fingerprint density at radius 1 is 0.850 bits per heavy atom. The lowest BCUT2D eigenvalue weighted by atomic mass is 9.83. The van der Waals surface area contributed by atoms with Gasteiger partial charge in [0, 0.05) is 11.8 Å². The number of benzene rings is 2. The second-order valence-corrected chi connectivity index (χ2v) is 6.21. The van der Waals surface area contributed by atoms with Gasteiger partial charge in [-0.05, 0) is 39.9 Å². The van der Waals surface area contributed by atoms with Crippen molar-refractivity contribution in [2.24, 2.45) is 0 Å². The average molecular weight is 261 g/mol. The maximum Gasteiger partial charge on any atom is 0.0702 e. The van der Waals surface area contributed by atoms with E-state index in [9.17, 15) is 0 Å². The Morgan fingerprint density at radius 2 is 1.70 bits per heavy atom. The van der Waals surface area contributed by atoms with Crippen LogP contribution in [0.3, 0.4) is 0 Å². The van der Waals surface area contributed by atoms with E-state index in [-0.39, 0.29) is 5.41 Å². The van der Waals surface area contributed by atoms with Gasteiger partial charge in [0.2, 0.25) is 0 Å². The van der Waals surface area contributed by atoms with E-state index in [1.807, 2.05) is 18.3 Å². The number of fused-ring (bicyclic) bond motifs is 1. The van der Waals surface area contributed by atoms with E-state index in [0.717, 1.165) is 5.69 Å². The van der Waals surface area contributed by atoms with Gasteiger partial charge in [-0.2, -0.15) is 0 Å². The summed E-state index contributed by atoms with van der Waals surface area (Å²) >= 11 is 0. The van der Waals surface area contributed by atoms with Gasteiger partial charge in [0.1, 0.15) is 0 Å². The summed E-state index contributed by atoms with van der Waals surface area (Å²) in [6.07, 6.45) is 1.84. The van der Waals surface area contributed by atoms with Crippen LogP contribution in [0.5, 0.6) is 0 Å². The quantitative estimate of drug-likeness (QED) is 0.586. The van der Waals surface area contributed by atoms with Gasteiger partial charge in [0.05, 0.1) is 5.69 Å². The van der Waals surface area contributed by atoms with Gasteiger partial charge >= 0.3 is 0 Å². The summed E-state index contributed by atoms with van der Waals surface area (Å²) < 4.78 is 0. The van der Waals surface area contributed by atoms with Gasteiger partial charge in [0.15, 0.2) is 0 Å². The molecular formula is C19H19N. The largest absolute Gasteiger partial charge is 0.256 e. The SMILES string of the molecule is CC(C)(C)c1cccc2ccc(-c3ccccn3)cc12. The minimum atomic E-state index is 0.141. The number of aromatic nitrogens is 1. The molecule has 0 fully saturated rings. The van der Waals surface area contributed by atoms with Crippen LogP contribution in [-0.4, -0.2) is 4.98 Å². The fourth-order valence-electron chi connectivity index (χ4n) is 2.62. The first-order valence-electron chi connectivity index (χ1n) is 7.00. The molecule has 3 aromatic rings. The van der Waals surface area contributed by atoms with Gasteiger partial charge in [0.25, 0.3) is 0 Å². The van der Waals surface area contributed by atoms with Crippen molar-refractivity contribution in [2.75, 3.05) is 0 Å². The van der Waals surface area contributed by atoms with Crippen LogP contribution in [-0.2, 0) is 5.41 Å². The van der Waals surface area contributed by atoms with Crippen LogP contribution in [0.4, 0.5) is 0 Å². The molecule has 1 heterocycles. The summed E-state index contributed by atoms with van der Waals surface area (Å²) in [5, 5.41) is 2.61. The van der Waals surface area contributed by atoms with Crippen LogP contribution in [0.1, 0.15) is 26.3 Å². The molecule has 2 aromatic carbocycles. The molecule has 1 nitrogen and oxygen atoms in total. The highest BCUT2D eigenvalue weighted by Crippen LogP contribution is 2.32. The minimum absolute atomic E-state index is 0.141. The fraction of sp³-hybridized carbons (Fsp3) is 0.211. The molecule has 0 amide bonds. The number of rotatable bonds is 1. The van der Waals surface area contributed by atoms with Crippen LogP contribution in [0.25, 0.3) is 22.0 Å². The monoisotopic (exact) mass is 261 g/mol. The van der Waals surface area contributed by atoms with Crippen molar-refractivity contribution in [2.45, 2.75) is 26.2 Å². The molecular weight excluding hydrogens is 242 g/mol. The van der Waals surface area contributed by atoms with Gasteiger partial charge in [-0.1, -0.05) is 57.2 Å². The van der Waals surface area contributed by atoms with Gasteiger partial charge in [-0.15, -0.1) is 0 Å². The molecule has 1 aromatic heterocycles. The van der Waals surface area contributed by atoms with Crippen LogP contribution in [0.15, 0.2) is 60.8 Å². The Labute approximate surface area is 120 Å². The number of hydrogen-bond acceptors (Lipinski definition) is 1. The average Bonchev–Trinajstić information content (AvgIpc) is 2.46. The molecule has 0 N–H and O–H groups in total. The zero-order valence-electron chi connectivity index (χ0n) is 12.2. The lowest BCUT2D eigenvalue weighted by Gasteiger charge is -2.21. The molecule has 0 atom stereocenters. The third-order valence-corrected chi connectivity index (χ3v) is 3.65. The van der Waals surface area contributed by atoms with Crippen LogP contribution >= 0.6 is 0 Å². The summed E-state index contributed by atoms with van der Waals surface area (Å²) in [5.41, 5.74) is 3.73. The predicted molar refractivity (Wildman–Crippen MR) is 85.9 cm³/mol. The highest BCUT2D eigenvalue weighted by atomic mass is 14.7. The molecule has 20 heavy (non-hydrogen) atoms. The topological polar surface area (TPSA) is 12.9 Å². The second-order valence-electron chi connectivity index (χ2n) is 6.21. The zero-order chi connectivity index (χ0) is 14.2. The van der Waals surface area contributed by atoms with E-state index in [1.165, 1.54) is 21.9 Å². The lowest BCUT2D eigenvalue weighted by Crippen LogP contribution is -2.11. The maximum atomic E-state index is 4.45. The highest BCUT2D eigenvalue weighted by Gasteiger charge is 2.16. The summed E-state index contributed by atoms with van der Waals surface area (Å²) in [7, 11) is 0. The Kier molecular flexibility index (Phi) is 3.06. The Bertz CT molecular complexity index is 737. The molecule has 0 unspecified atom stereocenters. The van der Waals surface area contributed by atoms with E-state index in [0.29, 0.717) is 0 Å². The van der Waals surface area contributed by atoms with Gasteiger partial charge in [-0.3, -0.25) is 4.98 Å². The summed E-state index contributed by atoms with van der Waals surface area (Å²) in [4.78, 5) is 4.45. The predicted octanol–water partition coefficient (Wildman–Crippen LogP) is 5.20. The van der Waals surface area contributed by atoms with Crippen LogP contribution in [0.2, 0.25) is 0 Å². The summed E-state index contributed by atoms with van der Waals surface area (Å²) in [6.45, 7) is 6.78. The standard InChI is InChI=1S/C19H19N/c1-19(2,3)17-8-6-7-14-10-11-15(13-16(14)17)18-9-4-5-12-20-18/h4-13H,1-3H3. The van der Waals surface area contributed by atoms with Crippen molar-refractivity contribution in [3.8, 4) is 11.3 Å². The summed E-state index contributed by atoms with van der Waals surface area (Å²) in [5.74, 6) is 0. The maximum absolute atomic E-state index is 4.45. The Morgan fingerprint density at radius 3 is 2.40 bits per heavy atom. The fourth-order valence-corrected chi connectivity index (χ4v) is 2.62. The van der Waals surface area contributed by atoms with Crippen molar-refractivity contribution < 1.29 is 0 Å². The highest BCUT2D eigenvalue weighted by molar-refractivity contribution is 5.90. The number of nitrogens with zero attached hydrogens (tertiary/aromatic N) is 1. The molecule has 1 heteroatoms. The van der Waals surface area contributed by atoms with Gasteiger partial charge < -0.3 is 0 Å². The molecule has 0 radical (unpaired) electrons.